The van der Waals surface area contributed by atoms with Crippen LogP contribution >= 0.6 is 22.9 Å². The summed E-state index contributed by atoms with van der Waals surface area (Å²) in [7, 11) is 2.09. The summed E-state index contributed by atoms with van der Waals surface area (Å²) in [6, 6.07) is 4.97. The second kappa shape index (κ2) is 11.1. The van der Waals surface area contributed by atoms with Gasteiger partial charge in [0, 0.05) is 23.5 Å². The quantitative estimate of drug-likeness (QED) is 0.247. The summed E-state index contributed by atoms with van der Waals surface area (Å²) < 4.78 is 44.7. The van der Waals surface area contributed by atoms with Crippen LogP contribution < -0.4 is 20.1 Å². The van der Waals surface area contributed by atoms with Gasteiger partial charge in [0.1, 0.15) is 40.9 Å². The van der Waals surface area contributed by atoms with Crippen molar-refractivity contribution in [2.45, 2.75) is 44.2 Å². The van der Waals surface area contributed by atoms with Gasteiger partial charge in [-0.25, -0.2) is 8.78 Å². The summed E-state index contributed by atoms with van der Waals surface area (Å²) in [6.07, 6.45) is 8.65. The molecule has 0 radical (unpaired) electrons. The number of benzene rings is 2. The van der Waals surface area contributed by atoms with Crippen LogP contribution in [-0.4, -0.2) is 60.3 Å². The number of nitrogens with two attached hydrogens (primary N) is 1. The normalized spacial score (nSPS) is 21.6. The lowest BCUT2D eigenvalue weighted by molar-refractivity contribution is 0.0915. The molecule has 7 rings (SSSR count). The van der Waals surface area contributed by atoms with Crippen LogP contribution in [0, 0.1) is 23.0 Å². The third-order valence-electron chi connectivity index (χ3n) is 8.66. The largest absolute Gasteiger partial charge is 0.489 e. The number of allylic oxidation sites excluding steroid dienone is 1. The van der Waals surface area contributed by atoms with Crippen LogP contribution in [0.3, 0.4) is 0 Å². The number of aromatic nitrogens is 2. The molecule has 12 heteroatoms. The van der Waals surface area contributed by atoms with Crippen LogP contribution in [0.1, 0.15) is 37.7 Å². The first-order chi connectivity index (χ1) is 20.9. The van der Waals surface area contributed by atoms with E-state index in [1.54, 1.807) is 0 Å². The molecule has 3 aliphatic rings. The van der Waals surface area contributed by atoms with Crippen LogP contribution in [0.15, 0.2) is 24.3 Å². The predicted molar refractivity (Wildman–Crippen MR) is 165 cm³/mol. The lowest BCUT2D eigenvalue weighted by Gasteiger charge is -2.30. The van der Waals surface area contributed by atoms with E-state index in [-0.39, 0.29) is 72.8 Å². The van der Waals surface area contributed by atoms with Crippen molar-refractivity contribution in [2.75, 3.05) is 43.9 Å². The van der Waals surface area contributed by atoms with Gasteiger partial charge in [0.15, 0.2) is 11.6 Å². The van der Waals surface area contributed by atoms with E-state index in [1.165, 1.54) is 12.1 Å². The van der Waals surface area contributed by atoms with Gasteiger partial charge < -0.3 is 20.1 Å². The van der Waals surface area contributed by atoms with Crippen molar-refractivity contribution in [3.05, 3.63) is 46.5 Å². The maximum atomic E-state index is 17.0. The van der Waals surface area contributed by atoms with Gasteiger partial charge in [0.25, 0.3) is 0 Å². The van der Waals surface area contributed by atoms with E-state index in [2.05, 4.69) is 34.0 Å². The maximum absolute atomic E-state index is 17.0. The first-order valence-electron chi connectivity index (χ1n) is 14.4. The maximum Gasteiger partial charge on any atom is 0.319 e. The molecule has 2 aromatic carbocycles. The lowest BCUT2D eigenvalue weighted by Crippen LogP contribution is -2.40. The van der Waals surface area contributed by atoms with Crippen molar-refractivity contribution >= 4 is 54.7 Å². The molecule has 2 aromatic heterocycles. The van der Waals surface area contributed by atoms with E-state index in [0.717, 1.165) is 50.0 Å². The summed E-state index contributed by atoms with van der Waals surface area (Å²) in [6.45, 7) is 2.40. The molecule has 3 aliphatic heterocycles. The first-order valence-corrected chi connectivity index (χ1v) is 15.6. The fourth-order valence-corrected chi connectivity index (χ4v) is 7.86. The molecule has 43 heavy (non-hydrogen) atoms. The summed E-state index contributed by atoms with van der Waals surface area (Å²) in [5.74, 6) is -0.552. The Bertz CT molecular complexity index is 1840. The Morgan fingerprint density at radius 1 is 1.12 bits per heavy atom. The predicted octanol–water partition coefficient (Wildman–Crippen LogP) is 6.68. The molecule has 0 aliphatic carbocycles. The fraction of sp³-hybridized carbons (Fsp3) is 0.387. The van der Waals surface area contributed by atoms with Gasteiger partial charge in [-0.1, -0.05) is 29.8 Å². The number of hydrogen-bond donors (Lipinski definition) is 1. The van der Waals surface area contributed by atoms with Crippen LogP contribution in [-0.2, 0) is 0 Å². The second-order valence-corrected chi connectivity index (χ2v) is 12.6. The molecule has 2 bridgehead atoms. The molecule has 1 saturated heterocycles. The van der Waals surface area contributed by atoms with E-state index in [9.17, 15) is 9.65 Å². The molecule has 2 N–H and O–H groups in total. The number of nitriles is 1. The van der Waals surface area contributed by atoms with E-state index in [4.69, 9.17) is 31.8 Å². The summed E-state index contributed by atoms with van der Waals surface area (Å²) in [5, 5.41) is 10.6. The average Bonchev–Trinajstić information content (AvgIpc) is 3.51. The van der Waals surface area contributed by atoms with Gasteiger partial charge in [-0.2, -0.15) is 15.2 Å². The summed E-state index contributed by atoms with van der Waals surface area (Å²) in [5.41, 5.74) is 6.34. The lowest BCUT2D eigenvalue weighted by atomic mass is 9.96. The van der Waals surface area contributed by atoms with Crippen LogP contribution in [0.4, 0.5) is 19.6 Å². The van der Waals surface area contributed by atoms with Crippen LogP contribution in [0.2, 0.25) is 5.02 Å². The Hall–Kier alpha value is -3.72. The standard InChI is InChI=1S/C31H29ClF2N6O2S/c1-39-11-6-7-19(39)20-8-4-2-3-5-12-40-13-14-41-27-23-26(37-31(42-20)38-30(23)40)25(34)22(24(27)32)16-9-10-18(33)28-21(16)17(15-35)29(36)43-28/h2-3,9-10,19-20H,4-8,11-14,36H2,1H3/b3-2-/t19-,20-/m0/s1. The molecule has 5 heterocycles. The molecule has 222 valence electrons. The average molecular weight is 623 g/mol. The third kappa shape index (κ3) is 4.63. The summed E-state index contributed by atoms with van der Waals surface area (Å²) >= 11 is 7.91. The molecular formula is C31H29ClF2N6O2S. The monoisotopic (exact) mass is 622 g/mol. The molecule has 8 nitrogen and oxygen atoms in total. The number of likely N-dealkylation sites (tertiary alicyclic amines) is 1. The van der Waals surface area contributed by atoms with Gasteiger partial charge in [-0.3, -0.25) is 4.90 Å². The Labute approximate surface area is 256 Å². The second-order valence-electron chi connectivity index (χ2n) is 11.2. The van der Waals surface area contributed by atoms with Gasteiger partial charge in [0.2, 0.25) is 0 Å². The Morgan fingerprint density at radius 2 is 1.95 bits per heavy atom. The number of thiophene rings is 1. The first kappa shape index (κ1) is 28.1. The smallest absolute Gasteiger partial charge is 0.319 e. The Morgan fingerprint density at radius 3 is 2.74 bits per heavy atom. The van der Waals surface area contributed by atoms with E-state index in [0.29, 0.717) is 24.3 Å². The van der Waals surface area contributed by atoms with Gasteiger partial charge in [0.05, 0.1) is 27.2 Å². The minimum Gasteiger partial charge on any atom is -0.489 e. The number of nitrogen functional groups attached to an aromatic ring is 1. The number of likely N-dealkylation sites (N-methyl/N-ethyl adjacent to an activating group) is 1. The number of halogens is 3. The van der Waals surface area contributed by atoms with Gasteiger partial charge in [-0.15, -0.1) is 11.3 Å². The summed E-state index contributed by atoms with van der Waals surface area (Å²) in [4.78, 5) is 13.8. The minimum atomic E-state index is -0.731. The Kier molecular flexibility index (Phi) is 7.24. The highest BCUT2D eigenvalue weighted by Gasteiger charge is 2.34. The molecule has 4 aromatic rings. The van der Waals surface area contributed by atoms with Crippen molar-refractivity contribution in [3.63, 3.8) is 0 Å². The highest BCUT2D eigenvalue weighted by molar-refractivity contribution is 7.23. The van der Waals surface area contributed by atoms with E-state index in [1.807, 2.05) is 6.07 Å². The molecule has 2 atom stereocenters. The molecule has 0 unspecified atom stereocenters. The zero-order valence-corrected chi connectivity index (χ0v) is 25.1. The number of fused-ring (bicyclic) bond motifs is 2. The third-order valence-corrected chi connectivity index (χ3v) is 10.0. The molecule has 0 spiro atoms. The highest BCUT2D eigenvalue weighted by atomic mass is 35.5. The zero-order chi connectivity index (χ0) is 29.8. The topological polar surface area (TPSA) is 101 Å². The van der Waals surface area contributed by atoms with E-state index < -0.39 is 11.6 Å². The fourth-order valence-electron chi connectivity index (χ4n) is 6.58. The van der Waals surface area contributed by atoms with Gasteiger partial charge >= 0.3 is 6.01 Å². The van der Waals surface area contributed by atoms with Crippen LogP contribution in [0.25, 0.3) is 32.1 Å². The number of anilines is 2. The van der Waals surface area contributed by atoms with Crippen molar-refractivity contribution in [2.24, 2.45) is 0 Å². The molecular weight excluding hydrogens is 594 g/mol. The number of ether oxygens (including phenoxy) is 2. The number of hydrogen-bond acceptors (Lipinski definition) is 9. The van der Waals surface area contributed by atoms with Crippen molar-refractivity contribution in [1.82, 2.24) is 14.9 Å². The highest BCUT2D eigenvalue weighted by Crippen LogP contribution is 2.50. The van der Waals surface area contributed by atoms with Crippen molar-refractivity contribution in [3.8, 4) is 29.0 Å². The van der Waals surface area contributed by atoms with E-state index >= 15 is 4.39 Å². The Balaban J connectivity index is 1.49. The minimum absolute atomic E-state index is 0.00148. The molecule has 0 amide bonds. The SMILES string of the molecule is CN1CCC[C@H]1[C@@H]1CC/C=C\CCN2CCOc3c(Cl)c(-c4ccc(F)c5sc(N)c(C#N)c45)c(F)c4nc(nc2c34)O1. The molecule has 0 saturated carbocycles. The van der Waals surface area contributed by atoms with Crippen LogP contribution in [0.5, 0.6) is 11.8 Å². The van der Waals surface area contributed by atoms with Crippen molar-refractivity contribution in [1.29, 1.82) is 5.26 Å². The number of nitrogens with zero attached hydrogens (tertiary/aromatic N) is 5. The van der Waals surface area contributed by atoms with Crippen molar-refractivity contribution < 1.29 is 18.3 Å². The van der Waals surface area contributed by atoms with Gasteiger partial charge in [-0.05, 0) is 57.3 Å². The number of rotatable bonds is 2. The zero-order valence-electron chi connectivity index (χ0n) is 23.5. The molecule has 1 fully saturated rings.